The summed E-state index contributed by atoms with van der Waals surface area (Å²) >= 11 is 0. The molecule has 0 fully saturated rings. The fourth-order valence-electron chi connectivity index (χ4n) is 0.774. The molecule has 5 heteroatoms. The summed E-state index contributed by atoms with van der Waals surface area (Å²) in [6, 6.07) is 9.95. The maximum atomic E-state index is 9.60. The Kier molecular flexibility index (Phi) is 13.4. The van der Waals surface area contributed by atoms with E-state index in [9.17, 15) is 9.59 Å². The SMILES string of the molecule is C=C(C)C(=O)O.CCC(=O)O.OCCc1ccccc1. The molecule has 112 valence electrons. The van der Waals surface area contributed by atoms with E-state index in [1.165, 1.54) is 12.5 Å². The van der Waals surface area contributed by atoms with E-state index in [-0.39, 0.29) is 18.6 Å². The Labute approximate surface area is 119 Å². The fourth-order valence-corrected chi connectivity index (χ4v) is 0.774. The first kappa shape index (κ1) is 20.2. The van der Waals surface area contributed by atoms with Crippen LogP contribution in [-0.4, -0.2) is 33.9 Å². The predicted octanol–water partition coefficient (Wildman–Crippen LogP) is 2.35. The average Bonchev–Trinajstić information content (AvgIpc) is 2.41. The molecular formula is C15H22O5. The van der Waals surface area contributed by atoms with Crippen LogP contribution in [0.15, 0.2) is 42.5 Å². The number of aliphatic carboxylic acids is 2. The van der Waals surface area contributed by atoms with Crippen LogP contribution >= 0.6 is 0 Å². The first-order valence-corrected chi connectivity index (χ1v) is 6.10. The van der Waals surface area contributed by atoms with E-state index in [2.05, 4.69) is 6.58 Å². The van der Waals surface area contributed by atoms with Crippen molar-refractivity contribution in [3.05, 3.63) is 48.0 Å². The van der Waals surface area contributed by atoms with E-state index in [0.717, 1.165) is 6.42 Å². The van der Waals surface area contributed by atoms with Crippen molar-refractivity contribution in [2.45, 2.75) is 26.7 Å². The lowest BCUT2D eigenvalue weighted by Gasteiger charge is -1.93. The minimum Gasteiger partial charge on any atom is -0.481 e. The number of carboxylic acid groups (broad SMARTS) is 2. The van der Waals surface area contributed by atoms with Crippen molar-refractivity contribution in [1.29, 1.82) is 0 Å². The van der Waals surface area contributed by atoms with Gasteiger partial charge in [0.2, 0.25) is 0 Å². The first-order chi connectivity index (χ1) is 9.34. The molecule has 0 radical (unpaired) electrons. The third-order valence-electron chi connectivity index (χ3n) is 1.91. The molecule has 0 amide bonds. The molecule has 0 aromatic heterocycles. The highest BCUT2D eigenvalue weighted by Crippen LogP contribution is 1.97. The maximum Gasteiger partial charge on any atom is 0.330 e. The predicted molar refractivity (Wildman–Crippen MR) is 77.6 cm³/mol. The summed E-state index contributed by atoms with van der Waals surface area (Å²) in [5.74, 6) is -1.68. The Bertz CT molecular complexity index is 386. The van der Waals surface area contributed by atoms with Gasteiger partial charge in [-0.05, 0) is 18.9 Å². The molecule has 0 heterocycles. The van der Waals surface area contributed by atoms with Crippen molar-refractivity contribution in [3.63, 3.8) is 0 Å². The van der Waals surface area contributed by atoms with Crippen LogP contribution in [0.2, 0.25) is 0 Å². The molecule has 1 aromatic carbocycles. The molecule has 0 aliphatic carbocycles. The second-order valence-corrected chi connectivity index (χ2v) is 3.79. The van der Waals surface area contributed by atoms with Crippen molar-refractivity contribution >= 4 is 11.9 Å². The van der Waals surface area contributed by atoms with E-state index in [0.29, 0.717) is 0 Å². The van der Waals surface area contributed by atoms with Gasteiger partial charge in [0, 0.05) is 18.6 Å². The number of carboxylic acids is 2. The lowest BCUT2D eigenvalue weighted by molar-refractivity contribution is -0.136. The first-order valence-electron chi connectivity index (χ1n) is 6.10. The number of hydrogen-bond acceptors (Lipinski definition) is 3. The summed E-state index contributed by atoms with van der Waals surface area (Å²) in [7, 11) is 0. The highest BCUT2D eigenvalue weighted by Gasteiger charge is 1.90. The van der Waals surface area contributed by atoms with Gasteiger partial charge in [-0.15, -0.1) is 0 Å². The van der Waals surface area contributed by atoms with E-state index in [1.807, 2.05) is 30.3 Å². The molecular weight excluding hydrogens is 260 g/mol. The van der Waals surface area contributed by atoms with Crippen molar-refractivity contribution < 1.29 is 24.9 Å². The third kappa shape index (κ3) is 15.9. The number of aliphatic hydroxyl groups excluding tert-OH is 1. The number of rotatable bonds is 4. The molecule has 0 aliphatic heterocycles. The van der Waals surface area contributed by atoms with Gasteiger partial charge in [0.05, 0.1) is 0 Å². The van der Waals surface area contributed by atoms with Crippen molar-refractivity contribution in [2.75, 3.05) is 6.61 Å². The van der Waals surface area contributed by atoms with Gasteiger partial charge in [-0.1, -0.05) is 43.8 Å². The quantitative estimate of drug-likeness (QED) is 0.737. The number of hydrogen-bond donors (Lipinski definition) is 3. The van der Waals surface area contributed by atoms with Crippen LogP contribution in [0.1, 0.15) is 25.8 Å². The third-order valence-corrected chi connectivity index (χ3v) is 1.91. The Balaban J connectivity index is 0. The van der Waals surface area contributed by atoms with Gasteiger partial charge in [-0.3, -0.25) is 4.79 Å². The van der Waals surface area contributed by atoms with E-state index >= 15 is 0 Å². The Morgan fingerprint density at radius 2 is 1.55 bits per heavy atom. The second-order valence-electron chi connectivity index (χ2n) is 3.79. The number of aliphatic hydroxyl groups is 1. The molecule has 0 aliphatic rings. The van der Waals surface area contributed by atoms with Gasteiger partial charge >= 0.3 is 11.9 Å². The zero-order valence-electron chi connectivity index (χ0n) is 11.9. The molecule has 0 bridgehead atoms. The molecule has 1 aromatic rings. The van der Waals surface area contributed by atoms with Crippen LogP contribution in [0.4, 0.5) is 0 Å². The normalized spacial score (nSPS) is 8.35. The van der Waals surface area contributed by atoms with E-state index in [4.69, 9.17) is 15.3 Å². The smallest absolute Gasteiger partial charge is 0.330 e. The largest absolute Gasteiger partial charge is 0.481 e. The summed E-state index contributed by atoms with van der Waals surface area (Å²) in [6.07, 6.45) is 0.987. The van der Waals surface area contributed by atoms with Crippen molar-refractivity contribution in [1.82, 2.24) is 0 Å². The lowest BCUT2D eigenvalue weighted by atomic mass is 10.2. The molecule has 0 unspecified atom stereocenters. The maximum absolute atomic E-state index is 9.60. The number of benzene rings is 1. The highest BCUT2D eigenvalue weighted by atomic mass is 16.4. The topological polar surface area (TPSA) is 94.8 Å². The second kappa shape index (κ2) is 13.3. The highest BCUT2D eigenvalue weighted by molar-refractivity contribution is 5.84. The molecule has 1 rings (SSSR count). The fraction of sp³-hybridized carbons (Fsp3) is 0.333. The minimum atomic E-state index is -0.935. The molecule has 0 saturated carbocycles. The Morgan fingerprint density at radius 1 is 1.15 bits per heavy atom. The average molecular weight is 282 g/mol. The monoisotopic (exact) mass is 282 g/mol. The zero-order valence-corrected chi connectivity index (χ0v) is 11.9. The standard InChI is InChI=1S/C8H10O.C4H6O2.C3H6O2/c9-7-6-8-4-2-1-3-5-8;1-3(2)4(5)6;1-2-3(4)5/h1-5,9H,6-7H2;1H2,2H3,(H,5,6);2H2,1H3,(H,4,5). The van der Waals surface area contributed by atoms with E-state index in [1.54, 1.807) is 6.92 Å². The summed E-state index contributed by atoms with van der Waals surface area (Å²) < 4.78 is 0. The van der Waals surface area contributed by atoms with Gasteiger partial charge in [-0.2, -0.15) is 0 Å². The zero-order chi connectivity index (χ0) is 16.0. The van der Waals surface area contributed by atoms with Crippen LogP contribution in [0.5, 0.6) is 0 Å². The summed E-state index contributed by atoms with van der Waals surface area (Å²) in [5.41, 5.74) is 1.37. The molecule has 20 heavy (non-hydrogen) atoms. The molecule has 0 saturated heterocycles. The molecule has 5 nitrogen and oxygen atoms in total. The summed E-state index contributed by atoms with van der Waals surface area (Å²) in [6.45, 7) is 6.44. The molecule has 0 spiro atoms. The van der Waals surface area contributed by atoms with Crippen LogP contribution in [0.25, 0.3) is 0 Å². The van der Waals surface area contributed by atoms with E-state index < -0.39 is 11.9 Å². The Hall–Kier alpha value is -2.14. The minimum absolute atomic E-state index is 0.176. The van der Waals surface area contributed by atoms with Crippen LogP contribution in [-0.2, 0) is 16.0 Å². The number of carbonyl (C=O) groups is 2. The lowest BCUT2D eigenvalue weighted by Crippen LogP contribution is -1.92. The van der Waals surface area contributed by atoms with Crippen LogP contribution in [0.3, 0.4) is 0 Å². The van der Waals surface area contributed by atoms with Crippen LogP contribution < -0.4 is 0 Å². The van der Waals surface area contributed by atoms with Gasteiger partial charge in [0.1, 0.15) is 0 Å². The molecule has 3 N–H and O–H groups in total. The van der Waals surface area contributed by atoms with Crippen LogP contribution in [0, 0.1) is 0 Å². The molecule has 0 atom stereocenters. The summed E-state index contributed by atoms with van der Waals surface area (Å²) in [4.78, 5) is 19.0. The summed E-state index contributed by atoms with van der Waals surface area (Å²) in [5, 5.41) is 24.1. The Morgan fingerprint density at radius 3 is 1.80 bits per heavy atom. The van der Waals surface area contributed by atoms with Gasteiger partial charge in [0.15, 0.2) is 0 Å². The van der Waals surface area contributed by atoms with Crippen molar-refractivity contribution in [2.24, 2.45) is 0 Å². The van der Waals surface area contributed by atoms with Gasteiger partial charge < -0.3 is 15.3 Å². The van der Waals surface area contributed by atoms with Gasteiger partial charge in [-0.25, -0.2) is 4.79 Å². The van der Waals surface area contributed by atoms with Gasteiger partial charge in [0.25, 0.3) is 0 Å². The van der Waals surface area contributed by atoms with Crippen molar-refractivity contribution in [3.8, 4) is 0 Å².